The predicted octanol–water partition coefficient (Wildman–Crippen LogP) is 12.8. The van der Waals surface area contributed by atoms with Gasteiger partial charge in [-0.2, -0.15) is 23.5 Å². The molecule has 0 rings (SSSR count). The largest absolute Gasteiger partial charge is 0.466 e. The lowest BCUT2D eigenvalue weighted by atomic mass is 10.0. The number of esters is 2. The van der Waals surface area contributed by atoms with Crippen molar-refractivity contribution in [3.8, 4) is 0 Å². The molecule has 0 saturated carbocycles. The molecule has 52 heavy (non-hydrogen) atoms. The van der Waals surface area contributed by atoms with Crippen LogP contribution in [0.15, 0.2) is 0 Å². The summed E-state index contributed by atoms with van der Waals surface area (Å²) in [7, 11) is 0. The molecule has 2 unspecified atom stereocenters. The molecule has 0 bridgehead atoms. The molecule has 0 heterocycles. The van der Waals surface area contributed by atoms with E-state index >= 15 is 0 Å². The Labute approximate surface area is 331 Å². The Hall–Kier alpha value is -0.440. The number of carbonyl (C=O) groups is 2. The van der Waals surface area contributed by atoms with Crippen molar-refractivity contribution in [3.63, 3.8) is 0 Å². The highest BCUT2D eigenvalue weighted by Gasteiger charge is 2.11. The highest BCUT2D eigenvalue weighted by atomic mass is 32.2. The Kier molecular flexibility index (Phi) is 42.9. The number of hydrogen-bond donors (Lipinski definition) is 2. The summed E-state index contributed by atoms with van der Waals surface area (Å²) < 4.78 is 10.8. The fourth-order valence-corrected chi connectivity index (χ4v) is 8.99. The third-order valence-corrected chi connectivity index (χ3v) is 12.7. The molecule has 0 aliphatic carbocycles. The highest BCUT2D eigenvalue weighted by Crippen LogP contribution is 2.26. The van der Waals surface area contributed by atoms with Gasteiger partial charge in [0, 0.05) is 34.8 Å². The van der Waals surface area contributed by atoms with E-state index in [-0.39, 0.29) is 25.2 Å². The van der Waals surface area contributed by atoms with Crippen LogP contribution in [-0.2, 0) is 19.1 Å². The van der Waals surface area contributed by atoms with E-state index in [2.05, 4.69) is 13.8 Å². The molecule has 8 heteroatoms. The summed E-state index contributed by atoms with van der Waals surface area (Å²) >= 11 is 3.92. The lowest BCUT2D eigenvalue weighted by Gasteiger charge is -2.16. The number of rotatable bonds is 43. The number of aliphatic hydroxyl groups excluding tert-OH is 2. The van der Waals surface area contributed by atoms with Gasteiger partial charge in [0.1, 0.15) is 0 Å². The number of ether oxygens (including phenoxy) is 2. The fourth-order valence-electron chi connectivity index (χ4n) is 6.78. The minimum absolute atomic E-state index is 0.107. The topological polar surface area (TPSA) is 93.1 Å². The molecule has 0 aromatic heterocycles. The third-order valence-electron chi connectivity index (χ3n) is 10.0. The molecule has 0 fully saturated rings. The molecule has 6 nitrogen and oxygen atoms in total. The predicted molar refractivity (Wildman–Crippen MR) is 228 cm³/mol. The van der Waals surface area contributed by atoms with E-state index < -0.39 is 0 Å². The van der Waals surface area contributed by atoms with Gasteiger partial charge in [0.25, 0.3) is 0 Å². The van der Waals surface area contributed by atoms with Crippen LogP contribution in [0, 0.1) is 0 Å². The molecule has 0 radical (unpaired) electrons. The minimum atomic E-state index is -0.107. The molecule has 2 atom stereocenters. The van der Waals surface area contributed by atoms with Crippen molar-refractivity contribution < 1.29 is 29.3 Å². The van der Waals surface area contributed by atoms with Gasteiger partial charge in [0.15, 0.2) is 0 Å². The molecule has 310 valence electrons. The first-order valence-corrected chi connectivity index (χ1v) is 24.4. The zero-order valence-electron chi connectivity index (χ0n) is 34.4. The van der Waals surface area contributed by atoms with Crippen LogP contribution in [0.1, 0.15) is 219 Å². The van der Waals surface area contributed by atoms with E-state index in [0.29, 0.717) is 36.6 Å². The van der Waals surface area contributed by atoms with E-state index in [0.717, 1.165) is 50.0 Å². The van der Waals surface area contributed by atoms with Crippen LogP contribution in [0.2, 0.25) is 0 Å². The van der Waals surface area contributed by atoms with Crippen molar-refractivity contribution in [1.29, 1.82) is 0 Å². The number of hydrogen-bond acceptors (Lipinski definition) is 8. The van der Waals surface area contributed by atoms with Gasteiger partial charge in [-0.1, -0.05) is 155 Å². The van der Waals surface area contributed by atoms with Crippen LogP contribution in [0.5, 0.6) is 0 Å². The summed E-state index contributed by atoms with van der Waals surface area (Å²) in [5.41, 5.74) is 0. The Morgan fingerprint density at radius 3 is 1.02 bits per heavy atom. The summed E-state index contributed by atoms with van der Waals surface area (Å²) in [4.78, 5) is 24.2. The molecule has 0 aliphatic rings. The van der Waals surface area contributed by atoms with Crippen LogP contribution in [0.3, 0.4) is 0 Å². The summed E-state index contributed by atoms with van der Waals surface area (Å²) in [6.07, 6.45) is 37.5. The summed E-state index contributed by atoms with van der Waals surface area (Å²) in [6, 6.07) is 0. The molecule has 2 N–H and O–H groups in total. The van der Waals surface area contributed by atoms with Gasteiger partial charge in [0.05, 0.1) is 26.4 Å². The number of unbranched alkanes of at least 4 members (excludes halogenated alkanes) is 21. The first-order chi connectivity index (χ1) is 25.6. The number of carbonyl (C=O) groups excluding carboxylic acids is 2. The molecule has 0 aromatic carbocycles. The molecule has 0 aliphatic heterocycles. The zero-order chi connectivity index (χ0) is 38.0. The van der Waals surface area contributed by atoms with E-state index in [1.54, 1.807) is 0 Å². The first-order valence-electron chi connectivity index (χ1n) is 22.3. The molecule has 0 aromatic rings. The fraction of sp³-hybridized carbons (Fsp3) is 0.955. The standard InChI is InChI=1S/C44H86O6S2/c1-3-5-7-9-15-21-29-41(51-39-35-45)31-23-17-11-13-19-25-33-43(47)49-37-27-28-38-50-44(48)34-26-20-14-12-18-24-32-42(52-40-36-46)30-22-16-10-8-6-4-2/h41-42,45-46H,3-40H2,1-2H3. The van der Waals surface area contributed by atoms with Crippen LogP contribution >= 0.6 is 23.5 Å². The second-order valence-electron chi connectivity index (χ2n) is 15.0. The van der Waals surface area contributed by atoms with E-state index in [9.17, 15) is 19.8 Å². The number of aliphatic hydroxyl groups is 2. The molecular weight excluding hydrogens is 689 g/mol. The van der Waals surface area contributed by atoms with Crippen LogP contribution < -0.4 is 0 Å². The second-order valence-corrected chi connectivity index (χ2v) is 17.8. The summed E-state index contributed by atoms with van der Waals surface area (Å²) in [5, 5.41) is 19.9. The second kappa shape index (κ2) is 43.3. The van der Waals surface area contributed by atoms with Crippen molar-refractivity contribution in [3.05, 3.63) is 0 Å². The maximum atomic E-state index is 12.1. The molecule has 0 saturated heterocycles. The third kappa shape index (κ3) is 39.3. The normalized spacial score (nSPS) is 12.6. The van der Waals surface area contributed by atoms with Crippen LogP contribution in [0.4, 0.5) is 0 Å². The SMILES string of the molecule is CCCCCCCCC(CCCCCCCCC(=O)OCCCCOC(=O)CCCCCCCCC(CCCCCCCC)SCCO)SCCO. The lowest BCUT2D eigenvalue weighted by molar-refractivity contribution is -0.146. The summed E-state index contributed by atoms with van der Waals surface area (Å²) in [5.74, 6) is 1.51. The quantitative estimate of drug-likeness (QED) is 0.0467. The van der Waals surface area contributed by atoms with Gasteiger partial charge in [-0.05, 0) is 51.4 Å². The van der Waals surface area contributed by atoms with Gasteiger partial charge >= 0.3 is 11.9 Å². The van der Waals surface area contributed by atoms with E-state index in [1.165, 1.54) is 154 Å². The molecule has 0 spiro atoms. The van der Waals surface area contributed by atoms with E-state index in [1.807, 2.05) is 23.5 Å². The Bertz CT molecular complexity index is 680. The Balaban J connectivity index is 3.62. The van der Waals surface area contributed by atoms with Gasteiger partial charge in [-0.25, -0.2) is 0 Å². The van der Waals surface area contributed by atoms with Gasteiger partial charge < -0.3 is 19.7 Å². The Morgan fingerprint density at radius 1 is 0.423 bits per heavy atom. The van der Waals surface area contributed by atoms with Crippen LogP contribution in [0.25, 0.3) is 0 Å². The van der Waals surface area contributed by atoms with Gasteiger partial charge in [-0.15, -0.1) is 0 Å². The van der Waals surface area contributed by atoms with Gasteiger partial charge in [-0.3, -0.25) is 9.59 Å². The molecular formula is C44H86O6S2. The van der Waals surface area contributed by atoms with Crippen molar-refractivity contribution in [1.82, 2.24) is 0 Å². The average molecular weight is 775 g/mol. The highest BCUT2D eigenvalue weighted by molar-refractivity contribution is 8.00. The van der Waals surface area contributed by atoms with Crippen molar-refractivity contribution in [2.45, 2.75) is 230 Å². The Morgan fingerprint density at radius 2 is 0.712 bits per heavy atom. The monoisotopic (exact) mass is 775 g/mol. The summed E-state index contributed by atoms with van der Waals surface area (Å²) in [6.45, 7) is 5.91. The molecule has 0 amide bonds. The lowest BCUT2D eigenvalue weighted by Crippen LogP contribution is -2.08. The minimum Gasteiger partial charge on any atom is -0.466 e. The smallest absolute Gasteiger partial charge is 0.305 e. The van der Waals surface area contributed by atoms with Gasteiger partial charge in [0.2, 0.25) is 0 Å². The van der Waals surface area contributed by atoms with Crippen LogP contribution in [-0.4, -0.2) is 70.6 Å². The maximum absolute atomic E-state index is 12.1. The van der Waals surface area contributed by atoms with Crippen molar-refractivity contribution >= 4 is 35.5 Å². The van der Waals surface area contributed by atoms with E-state index in [4.69, 9.17) is 9.47 Å². The van der Waals surface area contributed by atoms with Crippen molar-refractivity contribution in [2.75, 3.05) is 37.9 Å². The average Bonchev–Trinajstić information content (AvgIpc) is 3.15. The first kappa shape index (κ1) is 51.6. The number of thioether (sulfide) groups is 2. The zero-order valence-corrected chi connectivity index (χ0v) is 36.0. The maximum Gasteiger partial charge on any atom is 0.305 e. The van der Waals surface area contributed by atoms with Crippen molar-refractivity contribution in [2.24, 2.45) is 0 Å².